The van der Waals surface area contributed by atoms with E-state index in [4.69, 9.17) is 5.73 Å². The molecular formula is C12H23N5O4. The molecule has 0 saturated heterocycles. The van der Waals surface area contributed by atoms with E-state index in [0.29, 0.717) is 0 Å². The number of rotatable bonds is 8. The third-order valence-corrected chi connectivity index (χ3v) is 2.86. The van der Waals surface area contributed by atoms with Crippen molar-refractivity contribution in [2.24, 2.45) is 5.73 Å². The molecular weight excluding hydrogens is 278 g/mol. The van der Waals surface area contributed by atoms with Crippen molar-refractivity contribution in [2.75, 3.05) is 14.1 Å². The molecule has 0 aromatic rings. The summed E-state index contributed by atoms with van der Waals surface area (Å²) >= 11 is 0. The van der Waals surface area contributed by atoms with Crippen LogP contribution in [0, 0.1) is 0 Å². The summed E-state index contributed by atoms with van der Waals surface area (Å²) in [6, 6.07) is -2.38. The molecule has 0 fully saturated rings. The lowest BCUT2D eigenvalue weighted by Gasteiger charge is -2.20. The minimum absolute atomic E-state index is 0.320. The molecule has 0 aliphatic heterocycles. The number of nitrogens with one attached hydrogen (secondary N) is 4. The maximum Gasteiger partial charge on any atom is 0.242 e. The van der Waals surface area contributed by atoms with Gasteiger partial charge in [-0.2, -0.15) is 0 Å². The lowest BCUT2D eigenvalue weighted by molar-refractivity contribution is -0.133. The van der Waals surface area contributed by atoms with Crippen LogP contribution in [0.3, 0.4) is 0 Å². The highest BCUT2D eigenvalue weighted by Crippen LogP contribution is 1.94. The van der Waals surface area contributed by atoms with Crippen molar-refractivity contribution in [1.82, 2.24) is 21.3 Å². The molecule has 0 aliphatic carbocycles. The van der Waals surface area contributed by atoms with Crippen molar-refractivity contribution in [3.8, 4) is 0 Å². The first-order chi connectivity index (χ1) is 9.72. The van der Waals surface area contributed by atoms with E-state index in [1.54, 1.807) is 14.0 Å². The highest BCUT2D eigenvalue weighted by Gasteiger charge is 2.25. The van der Waals surface area contributed by atoms with Crippen LogP contribution in [-0.4, -0.2) is 55.8 Å². The summed E-state index contributed by atoms with van der Waals surface area (Å²) in [5, 5.41) is 9.92. The van der Waals surface area contributed by atoms with E-state index >= 15 is 0 Å². The maximum absolute atomic E-state index is 11.9. The lowest BCUT2D eigenvalue weighted by Crippen LogP contribution is -2.55. The van der Waals surface area contributed by atoms with Gasteiger partial charge in [-0.05, 0) is 20.9 Å². The highest BCUT2D eigenvalue weighted by atomic mass is 16.2. The van der Waals surface area contributed by atoms with Crippen LogP contribution in [0.25, 0.3) is 0 Å². The van der Waals surface area contributed by atoms with Crippen LogP contribution < -0.4 is 27.0 Å². The van der Waals surface area contributed by atoms with Gasteiger partial charge in [-0.1, -0.05) is 0 Å². The molecule has 0 saturated carbocycles. The molecule has 120 valence electrons. The molecule has 9 heteroatoms. The van der Waals surface area contributed by atoms with Gasteiger partial charge in [0.15, 0.2) is 0 Å². The van der Waals surface area contributed by atoms with Gasteiger partial charge in [0, 0.05) is 7.05 Å². The van der Waals surface area contributed by atoms with Crippen molar-refractivity contribution < 1.29 is 19.2 Å². The van der Waals surface area contributed by atoms with Crippen LogP contribution in [0.5, 0.6) is 0 Å². The van der Waals surface area contributed by atoms with Crippen LogP contribution >= 0.6 is 0 Å². The summed E-state index contributed by atoms with van der Waals surface area (Å²) in [7, 11) is 2.99. The minimum atomic E-state index is -1.07. The van der Waals surface area contributed by atoms with Gasteiger partial charge in [-0.3, -0.25) is 19.2 Å². The molecule has 0 aromatic heterocycles. The van der Waals surface area contributed by atoms with Crippen LogP contribution in [0.4, 0.5) is 0 Å². The molecule has 0 spiro atoms. The summed E-state index contributed by atoms with van der Waals surface area (Å²) in [6.45, 7) is 3.11. The molecule has 0 heterocycles. The molecule has 9 nitrogen and oxygen atoms in total. The molecule has 21 heavy (non-hydrogen) atoms. The van der Waals surface area contributed by atoms with Gasteiger partial charge in [-0.25, -0.2) is 0 Å². The number of carbonyl (C=O) groups excluding carboxylic acids is 4. The second kappa shape index (κ2) is 8.90. The van der Waals surface area contributed by atoms with Gasteiger partial charge in [0.25, 0.3) is 0 Å². The molecule has 0 bridgehead atoms. The zero-order valence-corrected chi connectivity index (χ0v) is 12.6. The van der Waals surface area contributed by atoms with Crippen molar-refractivity contribution in [1.29, 1.82) is 0 Å². The van der Waals surface area contributed by atoms with E-state index in [9.17, 15) is 19.2 Å². The highest BCUT2D eigenvalue weighted by molar-refractivity contribution is 5.94. The average molecular weight is 301 g/mol. The number of primary amides is 1. The van der Waals surface area contributed by atoms with Crippen LogP contribution in [-0.2, 0) is 19.2 Å². The summed E-state index contributed by atoms with van der Waals surface area (Å²) in [5.41, 5.74) is 5.03. The first kappa shape index (κ1) is 18.8. The fourth-order valence-electron chi connectivity index (χ4n) is 1.42. The Morgan fingerprint density at radius 3 is 1.86 bits per heavy atom. The molecule has 0 aliphatic rings. The molecule has 0 aromatic carbocycles. The van der Waals surface area contributed by atoms with E-state index in [-0.39, 0.29) is 12.3 Å². The third kappa shape index (κ3) is 6.70. The largest absolute Gasteiger partial charge is 0.370 e. The Bertz CT molecular complexity index is 412. The lowest BCUT2D eigenvalue weighted by atomic mass is 10.1. The maximum atomic E-state index is 11.9. The average Bonchev–Trinajstić information content (AvgIpc) is 2.43. The van der Waals surface area contributed by atoms with E-state index in [1.807, 2.05) is 0 Å². The van der Waals surface area contributed by atoms with Gasteiger partial charge in [0.1, 0.15) is 12.1 Å². The number of amides is 4. The predicted molar refractivity (Wildman–Crippen MR) is 75.9 cm³/mol. The molecule has 6 N–H and O–H groups in total. The summed E-state index contributed by atoms with van der Waals surface area (Å²) < 4.78 is 0. The monoisotopic (exact) mass is 301 g/mol. The van der Waals surface area contributed by atoms with E-state index < -0.39 is 35.8 Å². The molecule has 0 rings (SSSR count). The molecule has 3 atom stereocenters. The summed E-state index contributed by atoms with van der Waals surface area (Å²) in [6.07, 6.45) is -0.320. The third-order valence-electron chi connectivity index (χ3n) is 2.86. The number of nitrogens with two attached hydrogens (primary N) is 1. The standard InChI is InChI=1S/C12H23N5O4/c1-6(14-3)10(19)16-7(2)11(20)17-8(5-9(13)18)12(21)15-4/h6-8,14H,5H2,1-4H3,(H2,13,18)(H,15,21)(H,16,19)(H,17,20). The van der Waals surface area contributed by atoms with Crippen molar-refractivity contribution in [3.63, 3.8) is 0 Å². The first-order valence-electron chi connectivity index (χ1n) is 6.50. The molecule has 3 unspecified atom stereocenters. The SMILES string of the molecule is CNC(=O)C(CC(N)=O)NC(=O)C(C)NC(=O)C(C)NC. The van der Waals surface area contributed by atoms with Gasteiger partial charge in [-0.15, -0.1) is 0 Å². The summed E-state index contributed by atoms with van der Waals surface area (Å²) in [4.78, 5) is 46.0. The smallest absolute Gasteiger partial charge is 0.242 e. The fourth-order valence-corrected chi connectivity index (χ4v) is 1.42. The van der Waals surface area contributed by atoms with Crippen molar-refractivity contribution in [2.45, 2.75) is 38.4 Å². The number of hydrogen-bond donors (Lipinski definition) is 5. The Balaban J connectivity index is 4.64. The zero-order chi connectivity index (χ0) is 16.6. The summed E-state index contributed by atoms with van der Waals surface area (Å²) in [5.74, 6) is -2.19. The Labute approximate surface area is 123 Å². The van der Waals surface area contributed by atoms with E-state index in [2.05, 4.69) is 21.3 Å². The number of carbonyl (C=O) groups is 4. The van der Waals surface area contributed by atoms with Gasteiger partial charge in [0.2, 0.25) is 23.6 Å². The molecule has 4 amide bonds. The predicted octanol–water partition coefficient (Wildman–Crippen LogP) is -2.79. The Morgan fingerprint density at radius 1 is 0.905 bits per heavy atom. The first-order valence-corrected chi connectivity index (χ1v) is 6.50. The number of hydrogen-bond acceptors (Lipinski definition) is 5. The van der Waals surface area contributed by atoms with Gasteiger partial charge >= 0.3 is 0 Å². The topological polar surface area (TPSA) is 142 Å². The Morgan fingerprint density at radius 2 is 1.43 bits per heavy atom. The quantitative estimate of drug-likeness (QED) is 0.329. The second-order valence-corrected chi connectivity index (χ2v) is 4.59. The van der Waals surface area contributed by atoms with E-state index in [1.165, 1.54) is 14.0 Å². The van der Waals surface area contributed by atoms with Crippen LogP contribution in [0.1, 0.15) is 20.3 Å². The minimum Gasteiger partial charge on any atom is -0.370 e. The van der Waals surface area contributed by atoms with E-state index in [0.717, 1.165) is 0 Å². The molecule has 0 radical (unpaired) electrons. The van der Waals surface area contributed by atoms with Crippen LogP contribution in [0.15, 0.2) is 0 Å². The van der Waals surface area contributed by atoms with Gasteiger partial charge in [0.05, 0.1) is 12.5 Å². The Kier molecular flexibility index (Phi) is 7.99. The van der Waals surface area contributed by atoms with Crippen molar-refractivity contribution in [3.05, 3.63) is 0 Å². The number of likely N-dealkylation sites (N-methyl/N-ethyl adjacent to an activating group) is 2. The Hall–Kier alpha value is -2.16. The van der Waals surface area contributed by atoms with Gasteiger partial charge < -0.3 is 27.0 Å². The zero-order valence-electron chi connectivity index (χ0n) is 12.6. The fraction of sp³-hybridized carbons (Fsp3) is 0.667. The van der Waals surface area contributed by atoms with Crippen LogP contribution in [0.2, 0.25) is 0 Å². The van der Waals surface area contributed by atoms with Crippen molar-refractivity contribution >= 4 is 23.6 Å². The second-order valence-electron chi connectivity index (χ2n) is 4.59. The normalized spacial score (nSPS) is 14.5.